The molecule has 124 valence electrons. The number of ketones is 1. The van der Waals surface area contributed by atoms with Gasteiger partial charge in [0.2, 0.25) is 0 Å². The summed E-state index contributed by atoms with van der Waals surface area (Å²) >= 11 is 0. The number of hydrogen-bond donors (Lipinski definition) is 1. The lowest BCUT2D eigenvalue weighted by molar-refractivity contribution is 0.0595. The lowest BCUT2D eigenvalue weighted by Gasteiger charge is -2.21. The summed E-state index contributed by atoms with van der Waals surface area (Å²) in [7, 11) is 3.09. The number of ether oxygens (including phenoxy) is 1. The van der Waals surface area contributed by atoms with Crippen LogP contribution in [-0.2, 0) is 11.8 Å². The van der Waals surface area contributed by atoms with Gasteiger partial charge in [0.15, 0.2) is 11.5 Å². The average Bonchev–Trinajstić information content (AvgIpc) is 2.90. The van der Waals surface area contributed by atoms with Crippen molar-refractivity contribution in [2.75, 3.05) is 20.2 Å². The second-order valence-electron chi connectivity index (χ2n) is 5.58. The highest BCUT2D eigenvalue weighted by Gasteiger charge is 2.24. The summed E-state index contributed by atoms with van der Waals surface area (Å²) in [5.41, 5.74) is 1.69. The van der Waals surface area contributed by atoms with Crippen molar-refractivity contribution in [3.63, 3.8) is 0 Å². The van der Waals surface area contributed by atoms with E-state index in [1.807, 2.05) is 12.1 Å². The van der Waals surface area contributed by atoms with Crippen molar-refractivity contribution in [2.45, 2.75) is 12.8 Å². The number of hydrogen-bond acceptors (Lipinski definition) is 5. The summed E-state index contributed by atoms with van der Waals surface area (Å²) in [5.74, 6) is -0.294. The van der Waals surface area contributed by atoms with Gasteiger partial charge < -0.3 is 10.1 Å². The molecule has 0 radical (unpaired) electrons. The van der Waals surface area contributed by atoms with Crippen LogP contribution in [0.5, 0.6) is 0 Å². The summed E-state index contributed by atoms with van der Waals surface area (Å²) in [6.07, 6.45) is 1.71. The highest BCUT2D eigenvalue weighted by Crippen LogP contribution is 2.24. The molecule has 0 unspecified atom stereocenters. The first kappa shape index (κ1) is 17.4. The van der Waals surface area contributed by atoms with E-state index in [4.69, 9.17) is 4.74 Å². The van der Waals surface area contributed by atoms with Crippen LogP contribution in [0.4, 0.5) is 0 Å². The van der Waals surface area contributed by atoms with E-state index in [0.29, 0.717) is 10.9 Å². The minimum absolute atomic E-state index is 0. The molecule has 0 aliphatic carbocycles. The molecule has 0 bridgehead atoms. The number of piperidine rings is 1. The molecule has 1 N–H and O–H groups in total. The third-order valence-electron chi connectivity index (χ3n) is 4.22. The van der Waals surface area contributed by atoms with Gasteiger partial charge in [-0.1, -0.05) is 0 Å². The Hall–Kier alpha value is -1.92. The van der Waals surface area contributed by atoms with Crippen molar-refractivity contribution in [3.05, 3.63) is 29.5 Å². The van der Waals surface area contributed by atoms with Crippen LogP contribution < -0.4 is 5.32 Å². The van der Waals surface area contributed by atoms with Crippen LogP contribution in [0, 0.1) is 5.92 Å². The Labute approximate surface area is 140 Å². The predicted molar refractivity (Wildman–Crippen MR) is 89.2 cm³/mol. The summed E-state index contributed by atoms with van der Waals surface area (Å²) in [6.45, 7) is 1.75. The van der Waals surface area contributed by atoms with Crippen molar-refractivity contribution in [1.29, 1.82) is 0 Å². The number of esters is 1. The zero-order valence-corrected chi connectivity index (χ0v) is 14.0. The lowest BCUT2D eigenvalue weighted by Crippen LogP contribution is -2.31. The Balaban J connectivity index is 0.00000192. The van der Waals surface area contributed by atoms with Crippen molar-refractivity contribution in [2.24, 2.45) is 13.0 Å². The number of Topliss-reactive ketones (excluding diaryl/α,β-unsaturated/α-hetero) is 1. The first-order chi connectivity index (χ1) is 10.6. The minimum Gasteiger partial charge on any atom is -0.464 e. The first-order valence-electron chi connectivity index (χ1n) is 7.42. The number of benzene rings is 1. The normalized spacial score (nSPS) is 15.2. The summed E-state index contributed by atoms with van der Waals surface area (Å²) in [4.78, 5) is 24.5. The van der Waals surface area contributed by atoms with Gasteiger partial charge in [0, 0.05) is 23.9 Å². The van der Waals surface area contributed by atoms with Gasteiger partial charge in [-0.25, -0.2) is 4.79 Å². The zero-order chi connectivity index (χ0) is 15.7. The van der Waals surface area contributed by atoms with E-state index in [0.717, 1.165) is 31.4 Å². The fourth-order valence-corrected chi connectivity index (χ4v) is 2.99. The van der Waals surface area contributed by atoms with Gasteiger partial charge in [-0.2, -0.15) is 5.10 Å². The van der Waals surface area contributed by atoms with Gasteiger partial charge in [-0.15, -0.1) is 12.4 Å². The number of nitrogens with zero attached hydrogens (tertiary/aromatic N) is 2. The third kappa shape index (κ3) is 3.23. The van der Waals surface area contributed by atoms with E-state index in [-0.39, 0.29) is 29.8 Å². The van der Waals surface area contributed by atoms with Crippen molar-refractivity contribution < 1.29 is 14.3 Å². The van der Waals surface area contributed by atoms with Crippen LogP contribution in [0.1, 0.15) is 33.7 Å². The number of fused-ring (bicyclic) bond motifs is 1. The standard InChI is InChI=1S/C16H19N3O3.ClH/c1-19-13-4-3-11(15(20)10-5-7-17-8-6-10)9-12(13)14(18-19)16(21)22-2;/h3-4,9-10,17H,5-8H2,1-2H3;1H. The molecule has 2 heterocycles. The van der Waals surface area contributed by atoms with Crippen LogP contribution in [0.3, 0.4) is 0 Å². The van der Waals surface area contributed by atoms with E-state index in [1.54, 1.807) is 17.8 Å². The molecule has 3 rings (SSSR count). The fourth-order valence-electron chi connectivity index (χ4n) is 2.99. The van der Waals surface area contributed by atoms with Crippen LogP contribution in [0.25, 0.3) is 10.9 Å². The molecule has 0 amide bonds. The van der Waals surface area contributed by atoms with Crippen molar-refractivity contribution in [3.8, 4) is 0 Å². The van der Waals surface area contributed by atoms with Crippen LogP contribution in [0.2, 0.25) is 0 Å². The number of aryl methyl sites for hydroxylation is 1. The summed E-state index contributed by atoms with van der Waals surface area (Å²) in [5, 5.41) is 8.11. The number of halogens is 1. The lowest BCUT2D eigenvalue weighted by atomic mass is 9.89. The largest absolute Gasteiger partial charge is 0.464 e. The van der Waals surface area contributed by atoms with Gasteiger partial charge in [-0.05, 0) is 44.1 Å². The Kier molecular flexibility index (Phi) is 5.38. The monoisotopic (exact) mass is 337 g/mol. The van der Waals surface area contributed by atoms with Crippen molar-refractivity contribution >= 4 is 35.1 Å². The highest BCUT2D eigenvalue weighted by molar-refractivity contribution is 6.06. The Morgan fingerprint density at radius 2 is 2.00 bits per heavy atom. The average molecular weight is 338 g/mol. The van der Waals surface area contributed by atoms with Gasteiger partial charge in [-0.3, -0.25) is 9.48 Å². The molecular weight excluding hydrogens is 318 g/mol. The van der Waals surface area contributed by atoms with Gasteiger partial charge in [0.25, 0.3) is 0 Å². The predicted octanol–water partition coefficient (Wildman–Crippen LogP) is 1.96. The molecule has 1 fully saturated rings. The maximum absolute atomic E-state index is 12.6. The van der Waals surface area contributed by atoms with E-state index in [1.165, 1.54) is 7.11 Å². The van der Waals surface area contributed by atoms with E-state index in [2.05, 4.69) is 10.4 Å². The molecule has 2 aromatic rings. The van der Waals surface area contributed by atoms with Gasteiger partial charge >= 0.3 is 5.97 Å². The number of nitrogens with one attached hydrogen (secondary N) is 1. The second kappa shape index (κ2) is 7.10. The number of aromatic nitrogens is 2. The Morgan fingerprint density at radius 3 is 2.65 bits per heavy atom. The molecule has 0 saturated carbocycles. The molecule has 23 heavy (non-hydrogen) atoms. The Morgan fingerprint density at radius 1 is 1.30 bits per heavy atom. The summed E-state index contributed by atoms with van der Waals surface area (Å²) < 4.78 is 6.39. The van der Waals surface area contributed by atoms with E-state index < -0.39 is 5.97 Å². The highest BCUT2D eigenvalue weighted by atomic mass is 35.5. The van der Waals surface area contributed by atoms with Crippen molar-refractivity contribution in [1.82, 2.24) is 15.1 Å². The van der Waals surface area contributed by atoms with Crippen LogP contribution >= 0.6 is 12.4 Å². The molecule has 1 aromatic heterocycles. The Bertz CT molecular complexity index is 735. The number of carbonyl (C=O) groups is 2. The van der Waals surface area contributed by atoms with Gasteiger partial charge in [0.1, 0.15) is 0 Å². The second-order valence-corrected chi connectivity index (χ2v) is 5.58. The smallest absolute Gasteiger partial charge is 0.359 e. The molecule has 0 spiro atoms. The number of carbonyl (C=O) groups excluding carboxylic acids is 2. The topological polar surface area (TPSA) is 73.2 Å². The van der Waals surface area contributed by atoms with E-state index >= 15 is 0 Å². The zero-order valence-electron chi connectivity index (χ0n) is 13.2. The molecule has 7 heteroatoms. The first-order valence-corrected chi connectivity index (χ1v) is 7.42. The molecule has 1 aliphatic rings. The molecule has 1 aliphatic heterocycles. The van der Waals surface area contributed by atoms with Gasteiger partial charge in [0.05, 0.1) is 12.6 Å². The fraction of sp³-hybridized carbons (Fsp3) is 0.438. The number of rotatable bonds is 3. The minimum atomic E-state index is -0.489. The molecule has 1 aromatic carbocycles. The number of methoxy groups -OCH3 is 1. The maximum atomic E-state index is 12.6. The van der Waals surface area contributed by atoms with Crippen LogP contribution in [0.15, 0.2) is 18.2 Å². The third-order valence-corrected chi connectivity index (χ3v) is 4.22. The SMILES string of the molecule is COC(=O)c1nn(C)c2ccc(C(=O)C3CCNCC3)cc12.Cl. The summed E-state index contributed by atoms with van der Waals surface area (Å²) in [6, 6.07) is 5.41. The molecule has 6 nitrogen and oxygen atoms in total. The molecule has 0 atom stereocenters. The molecule has 1 saturated heterocycles. The maximum Gasteiger partial charge on any atom is 0.359 e. The molecular formula is C16H20ClN3O3. The van der Waals surface area contributed by atoms with Crippen LogP contribution in [-0.4, -0.2) is 41.7 Å². The van der Waals surface area contributed by atoms with E-state index in [9.17, 15) is 9.59 Å². The quantitative estimate of drug-likeness (QED) is 0.684.